The molecule has 0 radical (unpaired) electrons. The Hall–Kier alpha value is -0.620. The van der Waals surface area contributed by atoms with Gasteiger partial charge in [-0.05, 0) is 22.6 Å². The number of rotatable bonds is 3. The molecule has 0 saturated carbocycles. The topological polar surface area (TPSA) is 90.2 Å². The highest BCUT2D eigenvalue weighted by Gasteiger charge is 2.29. The molecule has 0 amide bonds. The highest BCUT2D eigenvalue weighted by molar-refractivity contribution is 14.1. The number of hydrogen-bond donors (Lipinski definition) is 0. The van der Waals surface area contributed by atoms with Crippen LogP contribution in [0.15, 0.2) is 11.0 Å². The van der Waals surface area contributed by atoms with Crippen LogP contribution in [0, 0.1) is 13.8 Å². The third-order valence-electron chi connectivity index (χ3n) is 1.62. The minimum Gasteiger partial charge on any atom is -0.258 e. The van der Waals surface area contributed by atoms with Crippen molar-refractivity contribution in [2.75, 3.05) is 0 Å². The molecule has 0 saturated heterocycles. The number of aromatic nitrogens is 1. The summed E-state index contributed by atoms with van der Waals surface area (Å²) in [4.78, 5) is 11.7. The van der Waals surface area contributed by atoms with E-state index in [1.54, 1.807) is 0 Å². The summed E-state index contributed by atoms with van der Waals surface area (Å²) in [5.41, 5.74) is -1.80. The van der Waals surface area contributed by atoms with Gasteiger partial charge in [-0.3, -0.25) is 10.1 Å². The van der Waals surface area contributed by atoms with Gasteiger partial charge in [0.15, 0.2) is 3.70 Å². The molecule has 1 aromatic rings. The number of alkyl halides is 2. The maximum absolute atomic E-state index is 12.5. The van der Waals surface area contributed by atoms with Crippen molar-refractivity contribution in [1.82, 2.24) is 4.98 Å². The molecule has 0 unspecified atom stereocenters. The van der Waals surface area contributed by atoms with E-state index >= 15 is 0 Å². The molecule has 0 N–H and O–H groups in total. The lowest BCUT2D eigenvalue weighted by atomic mass is 10.3. The molecule has 94 valence electrons. The van der Waals surface area contributed by atoms with Crippen LogP contribution >= 0.6 is 33.3 Å². The van der Waals surface area contributed by atoms with Crippen LogP contribution < -0.4 is 0 Å². The molecule has 6 nitrogen and oxygen atoms in total. The monoisotopic (exact) mass is 398 g/mol. The van der Waals surface area contributed by atoms with E-state index in [1.165, 1.54) is 22.6 Å². The maximum atomic E-state index is 12.5. The zero-order valence-corrected chi connectivity index (χ0v) is 11.3. The summed E-state index contributed by atoms with van der Waals surface area (Å²) in [6, 6.07) is 0.471. The molecule has 1 rings (SSSR count). The van der Waals surface area contributed by atoms with Crippen molar-refractivity contribution < 1.29 is 22.1 Å². The average molecular weight is 399 g/mol. The van der Waals surface area contributed by atoms with Crippen molar-refractivity contribution in [2.45, 2.75) is 11.3 Å². The zero-order chi connectivity index (χ0) is 13.4. The summed E-state index contributed by atoms with van der Waals surface area (Å²) in [6.45, 7) is 0. The smallest absolute Gasteiger partial charge is 0.258 e. The van der Waals surface area contributed by atoms with Gasteiger partial charge in [-0.2, -0.15) is 0 Å². The Bertz CT molecular complexity index is 580. The van der Waals surface area contributed by atoms with E-state index in [0.29, 0.717) is 6.07 Å². The second-order valence-electron chi connectivity index (χ2n) is 2.68. The fourth-order valence-corrected chi connectivity index (χ4v) is 2.58. The minimum atomic E-state index is -4.53. The largest absolute Gasteiger partial charge is 0.302 e. The Kier molecular flexibility index (Phi) is 4.19. The van der Waals surface area contributed by atoms with Gasteiger partial charge in [-0.25, -0.2) is 22.2 Å². The number of pyridine rings is 1. The maximum Gasteiger partial charge on any atom is 0.302 e. The number of hydrogen-bond acceptors (Lipinski definition) is 5. The van der Waals surface area contributed by atoms with Gasteiger partial charge in [0.2, 0.25) is 0 Å². The third kappa shape index (κ3) is 3.19. The van der Waals surface area contributed by atoms with Crippen molar-refractivity contribution in [2.24, 2.45) is 0 Å². The Morgan fingerprint density at radius 3 is 2.41 bits per heavy atom. The molecule has 0 atom stereocenters. The van der Waals surface area contributed by atoms with Crippen molar-refractivity contribution in [3.05, 3.63) is 25.6 Å². The molecule has 1 heterocycles. The molecule has 0 aromatic carbocycles. The fourth-order valence-electron chi connectivity index (χ4n) is 0.955. The Morgan fingerprint density at radius 2 is 2.06 bits per heavy atom. The predicted molar refractivity (Wildman–Crippen MR) is 61.6 cm³/mol. The van der Waals surface area contributed by atoms with Crippen molar-refractivity contribution in [3.8, 4) is 0 Å². The average Bonchev–Trinajstić information content (AvgIpc) is 2.14. The van der Waals surface area contributed by atoms with Gasteiger partial charge >= 0.3 is 5.69 Å². The molecule has 17 heavy (non-hydrogen) atoms. The van der Waals surface area contributed by atoms with E-state index < -0.39 is 36.7 Å². The van der Waals surface area contributed by atoms with E-state index in [0.717, 1.165) is 0 Å². The van der Waals surface area contributed by atoms with E-state index in [2.05, 4.69) is 4.98 Å². The summed E-state index contributed by atoms with van der Waals surface area (Å²) < 4.78 is 46.7. The zero-order valence-electron chi connectivity index (χ0n) is 7.60. The first-order chi connectivity index (χ1) is 7.64. The Balaban J connectivity index is 3.66. The molecule has 1 aromatic heterocycles. The van der Waals surface area contributed by atoms with Crippen LogP contribution in [0.2, 0.25) is 0 Å². The molecular formula is C6H2ClF2IN2O4S. The first kappa shape index (κ1) is 14.4. The molecule has 0 fully saturated rings. The highest BCUT2D eigenvalue weighted by Crippen LogP contribution is 2.32. The summed E-state index contributed by atoms with van der Waals surface area (Å²) in [7, 11) is 0.381. The van der Waals surface area contributed by atoms with Crippen molar-refractivity contribution >= 4 is 48.0 Å². The fraction of sp³-hybridized carbons (Fsp3) is 0.167. The van der Waals surface area contributed by atoms with E-state index in [1.807, 2.05) is 0 Å². The van der Waals surface area contributed by atoms with E-state index in [9.17, 15) is 27.3 Å². The normalized spacial score (nSPS) is 11.8. The van der Waals surface area contributed by atoms with Crippen LogP contribution in [-0.4, -0.2) is 18.3 Å². The van der Waals surface area contributed by atoms with Gasteiger partial charge in [0, 0.05) is 16.7 Å². The minimum absolute atomic E-state index is 0.341. The van der Waals surface area contributed by atoms with Gasteiger partial charge in [0.1, 0.15) is 10.6 Å². The van der Waals surface area contributed by atoms with Crippen LogP contribution in [0.5, 0.6) is 0 Å². The molecule has 0 bridgehead atoms. The van der Waals surface area contributed by atoms with Gasteiger partial charge in [-0.15, -0.1) is 0 Å². The highest BCUT2D eigenvalue weighted by atomic mass is 127. The summed E-state index contributed by atoms with van der Waals surface area (Å²) in [5.74, 6) is 0. The van der Waals surface area contributed by atoms with Crippen LogP contribution in [0.3, 0.4) is 0 Å². The quantitative estimate of drug-likeness (QED) is 0.256. The van der Waals surface area contributed by atoms with Gasteiger partial charge in [0.25, 0.3) is 15.5 Å². The van der Waals surface area contributed by atoms with E-state index in [-0.39, 0.29) is 3.70 Å². The van der Waals surface area contributed by atoms with E-state index in [4.69, 9.17) is 10.7 Å². The second kappa shape index (κ2) is 4.94. The summed E-state index contributed by atoms with van der Waals surface area (Å²) in [6.07, 6.45) is -3.20. The van der Waals surface area contributed by atoms with Crippen molar-refractivity contribution in [3.63, 3.8) is 0 Å². The Morgan fingerprint density at radius 1 is 1.53 bits per heavy atom. The summed E-state index contributed by atoms with van der Waals surface area (Å²) >= 11 is 1.36. The number of nitro groups is 1. The molecule has 0 aliphatic heterocycles. The van der Waals surface area contributed by atoms with Gasteiger partial charge in [0.05, 0.1) is 4.92 Å². The lowest BCUT2D eigenvalue weighted by Gasteiger charge is -2.05. The van der Waals surface area contributed by atoms with Gasteiger partial charge < -0.3 is 0 Å². The lowest BCUT2D eigenvalue weighted by molar-refractivity contribution is -0.386. The van der Waals surface area contributed by atoms with Crippen LogP contribution in [0.4, 0.5) is 14.5 Å². The first-order valence-corrected chi connectivity index (χ1v) is 7.11. The summed E-state index contributed by atoms with van der Waals surface area (Å²) in [5, 5.41) is 10.5. The molecular weight excluding hydrogens is 396 g/mol. The van der Waals surface area contributed by atoms with Crippen LogP contribution in [-0.2, 0) is 9.05 Å². The number of halogens is 4. The van der Waals surface area contributed by atoms with Gasteiger partial charge in [-0.1, -0.05) is 0 Å². The lowest BCUT2D eigenvalue weighted by Crippen LogP contribution is -2.06. The standard InChI is InChI=1S/C6H2ClF2IN2O4S/c7-17(15,16)3-1-2(12(13)14)6(10)11-4(3)5(8)9/h1,5H. The second-order valence-corrected chi connectivity index (χ2v) is 6.23. The third-order valence-corrected chi connectivity index (χ3v) is 3.76. The molecule has 0 aliphatic rings. The number of nitrogens with zero attached hydrogens (tertiary/aromatic N) is 2. The Labute approximate surface area is 112 Å². The van der Waals surface area contributed by atoms with Crippen LogP contribution in [0.25, 0.3) is 0 Å². The predicted octanol–water partition coefficient (Wildman–Crippen LogP) is 2.46. The van der Waals surface area contributed by atoms with Crippen LogP contribution in [0.1, 0.15) is 12.1 Å². The van der Waals surface area contributed by atoms with Crippen molar-refractivity contribution in [1.29, 1.82) is 0 Å². The first-order valence-electron chi connectivity index (χ1n) is 3.72. The molecule has 11 heteroatoms. The molecule has 0 aliphatic carbocycles. The molecule has 0 spiro atoms. The SMILES string of the molecule is O=[N+]([O-])c1cc(S(=O)(=O)Cl)c(C(F)F)nc1I.